The van der Waals surface area contributed by atoms with Gasteiger partial charge in [-0.2, -0.15) is 0 Å². The molecule has 0 radical (unpaired) electrons. The maximum absolute atomic E-state index is 12.4. The minimum atomic E-state index is -0.409. The van der Waals surface area contributed by atoms with Crippen LogP contribution >= 0.6 is 0 Å². The van der Waals surface area contributed by atoms with E-state index in [1.54, 1.807) is 37.3 Å². The first-order valence-electron chi connectivity index (χ1n) is 10.4. The molecule has 9 nitrogen and oxygen atoms in total. The molecule has 1 amide bonds. The van der Waals surface area contributed by atoms with Gasteiger partial charge in [-0.25, -0.2) is 4.79 Å². The number of anilines is 2. The average molecular weight is 438 g/mol. The highest BCUT2D eigenvalue weighted by atomic mass is 16.6. The molecular weight excluding hydrogens is 412 g/mol. The first-order valence-corrected chi connectivity index (χ1v) is 10.4. The first-order chi connectivity index (χ1) is 15.4. The van der Waals surface area contributed by atoms with Gasteiger partial charge in [0.05, 0.1) is 18.1 Å². The SMILES string of the molecule is CCOC(=O)/C=C/c1ccc(NC(=O)CN2CCN(c3ccc([N+](=O)[O-])cc3)CC2)cc1. The summed E-state index contributed by atoms with van der Waals surface area (Å²) in [6.45, 7) is 5.31. The normalized spacial score (nSPS) is 14.3. The van der Waals surface area contributed by atoms with Crippen LogP contribution in [0.25, 0.3) is 6.08 Å². The van der Waals surface area contributed by atoms with E-state index in [4.69, 9.17) is 4.74 Å². The summed E-state index contributed by atoms with van der Waals surface area (Å²) in [5.41, 5.74) is 2.54. The molecule has 1 heterocycles. The van der Waals surface area contributed by atoms with E-state index in [1.807, 2.05) is 12.1 Å². The molecule has 0 saturated carbocycles. The van der Waals surface area contributed by atoms with Crippen molar-refractivity contribution < 1.29 is 19.2 Å². The van der Waals surface area contributed by atoms with Gasteiger partial charge in [0.2, 0.25) is 5.91 Å². The number of nitrogens with zero attached hydrogens (tertiary/aromatic N) is 3. The molecule has 2 aromatic rings. The number of ether oxygens (including phenoxy) is 1. The predicted octanol–water partition coefficient (Wildman–Crippen LogP) is 2.93. The molecule has 0 bridgehead atoms. The fourth-order valence-electron chi connectivity index (χ4n) is 3.39. The van der Waals surface area contributed by atoms with Gasteiger partial charge in [-0.05, 0) is 42.8 Å². The van der Waals surface area contributed by atoms with Gasteiger partial charge in [0.25, 0.3) is 5.69 Å². The van der Waals surface area contributed by atoms with Crippen molar-refractivity contribution in [3.8, 4) is 0 Å². The highest BCUT2D eigenvalue weighted by Gasteiger charge is 2.19. The Morgan fingerprint density at radius 1 is 1.06 bits per heavy atom. The molecule has 1 aliphatic rings. The summed E-state index contributed by atoms with van der Waals surface area (Å²) in [7, 11) is 0. The van der Waals surface area contributed by atoms with Crippen molar-refractivity contribution in [3.05, 3.63) is 70.3 Å². The zero-order valence-corrected chi connectivity index (χ0v) is 17.9. The van der Waals surface area contributed by atoms with Crippen molar-refractivity contribution in [2.24, 2.45) is 0 Å². The van der Waals surface area contributed by atoms with Crippen LogP contribution in [0.1, 0.15) is 12.5 Å². The molecule has 0 aliphatic carbocycles. The summed E-state index contributed by atoms with van der Waals surface area (Å²) < 4.78 is 4.84. The summed E-state index contributed by atoms with van der Waals surface area (Å²) >= 11 is 0. The average Bonchev–Trinajstić information content (AvgIpc) is 2.79. The van der Waals surface area contributed by atoms with E-state index in [0.717, 1.165) is 37.4 Å². The molecule has 3 rings (SSSR count). The second kappa shape index (κ2) is 11.1. The number of nitro groups is 1. The van der Waals surface area contributed by atoms with Gasteiger partial charge in [-0.3, -0.25) is 19.8 Å². The summed E-state index contributed by atoms with van der Waals surface area (Å²) in [5.74, 6) is -0.484. The smallest absolute Gasteiger partial charge is 0.330 e. The van der Waals surface area contributed by atoms with Gasteiger partial charge < -0.3 is 15.0 Å². The van der Waals surface area contributed by atoms with Gasteiger partial charge in [-0.1, -0.05) is 12.1 Å². The Morgan fingerprint density at radius 2 is 1.72 bits per heavy atom. The molecule has 0 spiro atoms. The number of esters is 1. The summed E-state index contributed by atoms with van der Waals surface area (Å²) in [5, 5.41) is 13.7. The lowest BCUT2D eigenvalue weighted by Crippen LogP contribution is -2.48. The Bertz CT molecular complexity index is 965. The van der Waals surface area contributed by atoms with Crippen molar-refractivity contribution in [1.82, 2.24) is 4.90 Å². The predicted molar refractivity (Wildman–Crippen MR) is 122 cm³/mol. The van der Waals surface area contributed by atoms with E-state index in [2.05, 4.69) is 15.1 Å². The van der Waals surface area contributed by atoms with Gasteiger partial charge in [-0.15, -0.1) is 0 Å². The largest absolute Gasteiger partial charge is 0.463 e. The molecule has 9 heteroatoms. The first kappa shape index (κ1) is 23.0. The summed E-state index contributed by atoms with van der Waals surface area (Å²) in [6, 6.07) is 13.7. The molecule has 1 aliphatic heterocycles. The topological polar surface area (TPSA) is 105 Å². The van der Waals surface area contributed by atoms with E-state index in [9.17, 15) is 19.7 Å². The maximum Gasteiger partial charge on any atom is 0.330 e. The van der Waals surface area contributed by atoms with Crippen LogP contribution in [0.5, 0.6) is 0 Å². The second-order valence-electron chi connectivity index (χ2n) is 7.29. The summed E-state index contributed by atoms with van der Waals surface area (Å²) in [4.78, 5) is 38.4. The number of nitrogens with one attached hydrogen (secondary N) is 1. The lowest BCUT2D eigenvalue weighted by atomic mass is 10.2. The number of amides is 1. The number of carbonyl (C=O) groups excluding carboxylic acids is 2. The van der Waals surface area contributed by atoms with Gasteiger partial charge in [0.1, 0.15) is 0 Å². The lowest BCUT2D eigenvalue weighted by Gasteiger charge is -2.35. The fourth-order valence-corrected chi connectivity index (χ4v) is 3.39. The number of piperazine rings is 1. The lowest BCUT2D eigenvalue weighted by molar-refractivity contribution is -0.384. The molecule has 2 aromatic carbocycles. The van der Waals surface area contributed by atoms with Crippen molar-refractivity contribution >= 4 is 35.0 Å². The van der Waals surface area contributed by atoms with Gasteiger partial charge in [0, 0.05) is 55.8 Å². The molecular formula is C23H26N4O5. The molecule has 1 saturated heterocycles. The Kier molecular flexibility index (Phi) is 7.93. The van der Waals surface area contributed by atoms with Crippen molar-refractivity contribution in [2.45, 2.75) is 6.92 Å². The molecule has 32 heavy (non-hydrogen) atoms. The number of hydrogen-bond acceptors (Lipinski definition) is 7. The van der Waals surface area contributed by atoms with Crippen molar-refractivity contribution in [1.29, 1.82) is 0 Å². The number of nitro benzene ring substituents is 1. The molecule has 0 atom stereocenters. The Hall–Kier alpha value is -3.72. The Morgan fingerprint density at radius 3 is 2.31 bits per heavy atom. The van der Waals surface area contributed by atoms with Gasteiger partial charge in [0.15, 0.2) is 0 Å². The van der Waals surface area contributed by atoms with E-state index in [0.29, 0.717) is 18.8 Å². The second-order valence-corrected chi connectivity index (χ2v) is 7.29. The zero-order chi connectivity index (χ0) is 22.9. The van der Waals surface area contributed by atoms with E-state index >= 15 is 0 Å². The van der Waals surface area contributed by atoms with Crippen LogP contribution in [0.15, 0.2) is 54.6 Å². The quantitative estimate of drug-likeness (QED) is 0.292. The summed E-state index contributed by atoms with van der Waals surface area (Å²) in [6.07, 6.45) is 3.03. The van der Waals surface area contributed by atoms with E-state index < -0.39 is 10.9 Å². The Labute approximate surface area is 186 Å². The van der Waals surface area contributed by atoms with Crippen molar-refractivity contribution in [3.63, 3.8) is 0 Å². The number of non-ortho nitro benzene ring substituents is 1. The van der Waals surface area contributed by atoms with E-state index in [-0.39, 0.29) is 11.6 Å². The molecule has 0 aromatic heterocycles. The van der Waals surface area contributed by atoms with E-state index in [1.165, 1.54) is 18.2 Å². The van der Waals surface area contributed by atoms with Crippen LogP contribution in [-0.2, 0) is 14.3 Å². The van der Waals surface area contributed by atoms with Crippen LogP contribution in [-0.4, -0.2) is 61.0 Å². The highest BCUT2D eigenvalue weighted by molar-refractivity contribution is 5.92. The molecule has 1 fully saturated rings. The third-order valence-electron chi connectivity index (χ3n) is 5.06. The number of carbonyl (C=O) groups is 2. The molecule has 0 unspecified atom stereocenters. The maximum atomic E-state index is 12.4. The van der Waals surface area contributed by atoms with Crippen LogP contribution < -0.4 is 10.2 Å². The Balaban J connectivity index is 1.44. The highest BCUT2D eigenvalue weighted by Crippen LogP contribution is 2.20. The third kappa shape index (κ3) is 6.64. The van der Waals surface area contributed by atoms with Crippen LogP contribution in [0.4, 0.5) is 17.1 Å². The van der Waals surface area contributed by atoms with Crippen LogP contribution in [0.2, 0.25) is 0 Å². The number of benzene rings is 2. The minimum absolute atomic E-state index is 0.0760. The third-order valence-corrected chi connectivity index (χ3v) is 5.06. The fraction of sp³-hybridized carbons (Fsp3) is 0.304. The molecule has 1 N–H and O–H groups in total. The minimum Gasteiger partial charge on any atom is -0.463 e. The monoisotopic (exact) mass is 438 g/mol. The van der Waals surface area contributed by atoms with Crippen LogP contribution in [0.3, 0.4) is 0 Å². The standard InChI is InChI=1S/C23H26N4O5/c1-2-32-23(29)12-5-18-3-6-19(7-4-18)24-22(28)17-25-13-15-26(16-14-25)20-8-10-21(11-9-20)27(30)31/h3-12H,2,13-17H2,1H3,(H,24,28)/b12-5+. The number of rotatable bonds is 8. The molecule has 168 valence electrons. The zero-order valence-electron chi connectivity index (χ0n) is 17.9. The van der Waals surface area contributed by atoms with Gasteiger partial charge >= 0.3 is 5.97 Å². The van der Waals surface area contributed by atoms with Crippen LogP contribution in [0, 0.1) is 10.1 Å². The van der Waals surface area contributed by atoms with Crippen molar-refractivity contribution in [2.75, 3.05) is 49.5 Å². The number of hydrogen-bond donors (Lipinski definition) is 1.